The highest BCUT2D eigenvalue weighted by Gasteiger charge is 2.40. The molecule has 2 aliphatic heterocycles. The van der Waals surface area contributed by atoms with Crippen molar-refractivity contribution in [3.8, 4) is 0 Å². The molecule has 1 saturated carbocycles. The van der Waals surface area contributed by atoms with Gasteiger partial charge in [-0.2, -0.15) is 0 Å². The average Bonchev–Trinajstić information content (AvgIpc) is 2.96. The Labute approximate surface area is 152 Å². The smallest absolute Gasteiger partial charge is 0.236 e. The summed E-state index contributed by atoms with van der Waals surface area (Å²) in [4.78, 5) is 16.9. The summed E-state index contributed by atoms with van der Waals surface area (Å²) < 4.78 is 6.01. The van der Waals surface area contributed by atoms with Gasteiger partial charge in [0.05, 0.1) is 18.8 Å². The van der Waals surface area contributed by atoms with Gasteiger partial charge in [0.15, 0.2) is 0 Å². The molecule has 1 amide bonds. The number of halogens is 2. The van der Waals surface area contributed by atoms with Crippen molar-refractivity contribution in [2.75, 3.05) is 46.4 Å². The van der Waals surface area contributed by atoms with E-state index in [9.17, 15) is 4.79 Å². The Kier molecular flexibility index (Phi) is 8.59. The molecule has 1 N–H and O–H groups in total. The molecule has 2 saturated heterocycles. The fraction of sp³-hybridized carbons (Fsp3) is 0.938. The van der Waals surface area contributed by atoms with Gasteiger partial charge >= 0.3 is 0 Å². The number of rotatable bonds is 3. The van der Waals surface area contributed by atoms with Gasteiger partial charge in [0.1, 0.15) is 0 Å². The van der Waals surface area contributed by atoms with E-state index in [2.05, 4.69) is 17.3 Å². The molecule has 23 heavy (non-hydrogen) atoms. The zero-order chi connectivity index (χ0) is 14.7. The van der Waals surface area contributed by atoms with Crippen molar-refractivity contribution in [1.29, 1.82) is 0 Å². The number of carbonyl (C=O) groups is 1. The molecular formula is C16H31Cl2N3O2. The van der Waals surface area contributed by atoms with E-state index in [-0.39, 0.29) is 36.3 Å². The third-order valence-electron chi connectivity index (χ3n) is 5.43. The van der Waals surface area contributed by atoms with Crippen LogP contribution >= 0.6 is 24.8 Å². The van der Waals surface area contributed by atoms with Crippen LogP contribution in [0.5, 0.6) is 0 Å². The van der Waals surface area contributed by atoms with Crippen molar-refractivity contribution >= 4 is 30.7 Å². The summed E-state index contributed by atoms with van der Waals surface area (Å²) in [5.41, 5.74) is -0.0127. The molecule has 7 heteroatoms. The molecule has 136 valence electrons. The molecule has 0 aromatic rings. The first-order valence-corrected chi connectivity index (χ1v) is 8.51. The van der Waals surface area contributed by atoms with E-state index in [1.807, 2.05) is 4.90 Å². The van der Waals surface area contributed by atoms with Crippen molar-refractivity contribution in [3.05, 3.63) is 0 Å². The molecule has 0 aromatic heterocycles. The van der Waals surface area contributed by atoms with Gasteiger partial charge in [-0.25, -0.2) is 0 Å². The number of nitrogens with zero attached hydrogens (tertiary/aromatic N) is 2. The van der Waals surface area contributed by atoms with E-state index >= 15 is 0 Å². The summed E-state index contributed by atoms with van der Waals surface area (Å²) in [5.74, 6) is 0.283. The maximum Gasteiger partial charge on any atom is 0.236 e. The highest BCUT2D eigenvalue weighted by atomic mass is 35.5. The van der Waals surface area contributed by atoms with E-state index in [0.29, 0.717) is 19.2 Å². The molecule has 2 heterocycles. The summed E-state index contributed by atoms with van der Waals surface area (Å²) in [5, 5.41) is 3.38. The second-order valence-electron chi connectivity index (χ2n) is 6.95. The Morgan fingerprint density at radius 1 is 1.26 bits per heavy atom. The van der Waals surface area contributed by atoms with Gasteiger partial charge in [-0.15, -0.1) is 24.8 Å². The Bertz CT molecular complexity index is 372. The number of piperidine rings is 1. The lowest BCUT2D eigenvalue weighted by Crippen LogP contribution is -2.55. The second kappa shape index (κ2) is 9.42. The minimum atomic E-state index is -0.0127. The summed E-state index contributed by atoms with van der Waals surface area (Å²) >= 11 is 0. The van der Waals surface area contributed by atoms with Crippen LogP contribution in [0.2, 0.25) is 0 Å². The lowest BCUT2D eigenvalue weighted by molar-refractivity contribution is -0.151. The molecule has 0 unspecified atom stereocenters. The van der Waals surface area contributed by atoms with Crippen LogP contribution in [-0.4, -0.2) is 73.7 Å². The van der Waals surface area contributed by atoms with Gasteiger partial charge in [0.25, 0.3) is 0 Å². The predicted molar refractivity (Wildman–Crippen MR) is 96.7 cm³/mol. The van der Waals surface area contributed by atoms with Crippen LogP contribution in [0.3, 0.4) is 0 Å². The monoisotopic (exact) mass is 367 g/mol. The maximum absolute atomic E-state index is 12.6. The first kappa shape index (κ1) is 21.0. The molecular weight excluding hydrogens is 337 g/mol. The van der Waals surface area contributed by atoms with Gasteiger partial charge in [0, 0.05) is 19.1 Å². The zero-order valence-electron chi connectivity index (χ0n) is 14.1. The van der Waals surface area contributed by atoms with Gasteiger partial charge in [-0.3, -0.25) is 9.69 Å². The van der Waals surface area contributed by atoms with Crippen LogP contribution in [0.25, 0.3) is 0 Å². The molecule has 1 spiro atoms. The topological polar surface area (TPSA) is 44.8 Å². The normalized spacial score (nSPS) is 24.3. The van der Waals surface area contributed by atoms with E-state index in [4.69, 9.17) is 4.74 Å². The van der Waals surface area contributed by atoms with Gasteiger partial charge < -0.3 is 15.0 Å². The zero-order valence-corrected chi connectivity index (χ0v) is 15.7. The molecule has 0 aromatic carbocycles. The standard InChI is InChI=1S/C16H29N3O2.2ClH/c1-18(14-4-8-17-9-5-14)12-15(20)19-10-11-21-16(13-19)6-2-3-7-16;;/h14,17H,2-13H2,1H3;2*1H. The summed E-state index contributed by atoms with van der Waals surface area (Å²) in [6, 6.07) is 0.552. The molecule has 0 radical (unpaired) electrons. The van der Waals surface area contributed by atoms with Crippen molar-refractivity contribution in [2.24, 2.45) is 0 Å². The van der Waals surface area contributed by atoms with Crippen molar-refractivity contribution in [2.45, 2.75) is 50.2 Å². The molecule has 3 rings (SSSR count). The highest BCUT2D eigenvalue weighted by molar-refractivity contribution is 5.85. The van der Waals surface area contributed by atoms with Crippen LogP contribution in [0.15, 0.2) is 0 Å². The van der Waals surface area contributed by atoms with Gasteiger partial charge in [-0.05, 0) is 45.8 Å². The second-order valence-corrected chi connectivity index (χ2v) is 6.95. The maximum atomic E-state index is 12.6. The minimum Gasteiger partial charge on any atom is -0.371 e. The predicted octanol–water partition coefficient (Wildman–Crippen LogP) is 1.69. The average molecular weight is 368 g/mol. The highest BCUT2D eigenvalue weighted by Crippen LogP contribution is 2.35. The fourth-order valence-electron chi connectivity index (χ4n) is 4.07. The summed E-state index contributed by atoms with van der Waals surface area (Å²) in [7, 11) is 2.10. The van der Waals surface area contributed by atoms with Gasteiger partial charge in [0.2, 0.25) is 5.91 Å². The van der Waals surface area contributed by atoms with Crippen molar-refractivity contribution in [1.82, 2.24) is 15.1 Å². The van der Waals surface area contributed by atoms with Crippen LogP contribution in [-0.2, 0) is 9.53 Å². The molecule has 3 aliphatic rings. The summed E-state index contributed by atoms with van der Waals surface area (Å²) in [6.45, 7) is 4.99. The number of hydrogen-bond donors (Lipinski definition) is 1. The van der Waals surface area contributed by atoms with Crippen LogP contribution < -0.4 is 5.32 Å². The fourth-order valence-corrected chi connectivity index (χ4v) is 4.07. The molecule has 0 bridgehead atoms. The number of amides is 1. The third kappa shape index (κ3) is 5.20. The number of hydrogen-bond acceptors (Lipinski definition) is 4. The first-order chi connectivity index (χ1) is 10.2. The largest absolute Gasteiger partial charge is 0.371 e. The number of likely N-dealkylation sites (N-methyl/N-ethyl adjacent to an activating group) is 1. The third-order valence-corrected chi connectivity index (χ3v) is 5.43. The van der Waals surface area contributed by atoms with Crippen LogP contribution in [0.1, 0.15) is 38.5 Å². The number of nitrogens with one attached hydrogen (secondary N) is 1. The number of carbonyl (C=O) groups excluding carboxylic acids is 1. The van der Waals surface area contributed by atoms with E-state index in [1.165, 1.54) is 12.8 Å². The van der Waals surface area contributed by atoms with Crippen LogP contribution in [0.4, 0.5) is 0 Å². The number of ether oxygens (including phenoxy) is 1. The van der Waals surface area contributed by atoms with E-state index in [0.717, 1.165) is 51.9 Å². The summed E-state index contributed by atoms with van der Waals surface area (Å²) in [6.07, 6.45) is 7.05. The van der Waals surface area contributed by atoms with Gasteiger partial charge in [-0.1, -0.05) is 12.8 Å². The Morgan fingerprint density at radius 3 is 2.57 bits per heavy atom. The molecule has 3 fully saturated rings. The lowest BCUT2D eigenvalue weighted by atomic mass is 9.99. The molecule has 0 atom stereocenters. The molecule has 1 aliphatic carbocycles. The lowest BCUT2D eigenvalue weighted by Gasteiger charge is -2.41. The Morgan fingerprint density at radius 2 is 1.91 bits per heavy atom. The molecule has 5 nitrogen and oxygen atoms in total. The van der Waals surface area contributed by atoms with E-state index in [1.54, 1.807) is 0 Å². The van der Waals surface area contributed by atoms with Crippen LogP contribution in [0, 0.1) is 0 Å². The minimum absolute atomic E-state index is 0. The van der Waals surface area contributed by atoms with Crippen molar-refractivity contribution < 1.29 is 9.53 Å². The van der Waals surface area contributed by atoms with E-state index < -0.39 is 0 Å². The first-order valence-electron chi connectivity index (χ1n) is 8.51. The Balaban J connectivity index is 0.00000132. The SMILES string of the molecule is CN(CC(=O)N1CCOC2(CCCC2)C1)C1CCNCC1.Cl.Cl. The Hall–Kier alpha value is -0.0700. The quantitative estimate of drug-likeness (QED) is 0.824. The number of morpholine rings is 1. The van der Waals surface area contributed by atoms with Crippen molar-refractivity contribution in [3.63, 3.8) is 0 Å².